The SMILES string of the molecule is COc1cn(-c2ccccc2)nc1C(=O)OCC(=O)N[C@H]1CCC[C@@H](C)[C@H]1C. The molecule has 2 aromatic rings. The number of rotatable bonds is 6. The second-order valence-corrected chi connectivity index (χ2v) is 7.34. The highest BCUT2D eigenvalue weighted by Gasteiger charge is 2.28. The number of carbonyl (C=O) groups is 2. The Balaban J connectivity index is 1.60. The summed E-state index contributed by atoms with van der Waals surface area (Å²) in [5, 5.41) is 7.24. The van der Waals surface area contributed by atoms with Gasteiger partial charge in [-0.05, 0) is 30.4 Å². The van der Waals surface area contributed by atoms with Crippen LogP contribution >= 0.6 is 0 Å². The van der Waals surface area contributed by atoms with Gasteiger partial charge >= 0.3 is 5.97 Å². The maximum absolute atomic E-state index is 12.4. The molecular weight excluding hydrogens is 358 g/mol. The zero-order chi connectivity index (χ0) is 20.1. The molecule has 0 radical (unpaired) electrons. The number of nitrogens with one attached hydrogen (secondary N) is 1. The Morgan fingerprint density at radius 1 is 1.21 bits per heavy atom. The normalized spacial score (nSPS) is 21.8. The van der Waals surface area contributed by atoms with Gasteiger partial charge in [-0.3, -0.25) is 4.79 Å². The predicted octanol–water partition coefficient (Wildman–Crippen LogP) is 2.98. The fraction of sp³-hybridized carbons (Fsp3) is 0.476. The number of methoxy groups -OCH3 is 1. The Labute approximate surface area is 165 Å². The van der Waals surface area contributed by atoms with E-state index in [-0.39, 0.29) is 24.2 Å². The molecule has 1 amide bonds. The summed E-state index contributed by atoms with van der Waals surface area (Å²) in [7, 11) is 1.46. The maximum atomic E-state index is 12.4. The lowest BCUT2D eigenvalue weighted by Gasteiger charge is -2.34. The maximum Gasteiger partial charge on any atom is 0.363 e. The Morgan fingerprint density at radius 2 is 1.96 bits per heavy atom. The van der Waals surface area contributed by atoms with Gasteiger partial charge < -0.3 is 14.8 Å². The Morgan fingerprint density at radius 3 is 2.68 bits per heavy atom. The van der Waals surface area contributed by atoms with Gasteiger partial charge in [-0.2, -0.15) is 5.10 Å². The van der Waals surface area contributed by atoms with Gasteiger partial charge in [0.15, 0.2) is 12.4 Å². The van der Waals surface area contributed by atoms with Crippen LogP contribution in [-0.4, -0.2) is 41.4 Å². The highest BCUT2D eigenvalue weighted by Crippen LogP contribution is 2.29. The molecule has 0 unspecified atom stereocenters. The van der Waals surface area contributed by atoms with Crippen LogP contribution in [0.1, 0.15) is 43.6 Å². The molecule has 0 bridgehead atoms. The van der Waals surface area contributed by atoms with Crippen LogP contribution in [0, 0.1) is 11.8 Å². The van der Waals surface area contributed by atoms with Gasteiger partial charge in [0.25, 0.3) is 5.91 Å². The van der Waals surface area contributed by atoms with Crippen LogP contribution in [0.3, 0.4) is 0 Å². The smallest absolute Gasteiger partial charge is 0.363 e. The monoisotopic (exact) mass is 385 g/mol. The van der Waals surface area contributed by atoms with Crippen LogP contribution < -0.4 is 10.1 Å². The van der Waals surface area contributed by atoms with E-state index >= 15 is 0 Å². The predicted molar refractivity (Wildman–Crippen MR) is 105 cm³/mol. The number of esters is 1. The van der Waals surface area contributed by atoms with Crippen molar-refractivity contribution in [1.82, 2.24) is 15.1 Å². The van der Waals surface area contributed by atoms with Crippen molar-refractivity contribution in [2.24, 2.45) is 11.8 Å². The van der Waals surface area contributed by atoms with Gasteiger partial charge in [0.2, 0.25) is 5.69 Å². The van der Waals surface area contributed by atoms with Crippen molar-refractivity contribution in [3.63, 3.8) is 0 Å². The molecule has 1 aliphatic rings. The van der Waals surface area contributed by atoms with Crippen LogP contribution in [-0.2, 0) is 9.53 Å². The molecule has 1 heterocycles. The van der Waals surface area contributed by atoms with Gasteiger partial charge in [-0.1, -0.05) is 44.9 Å². The quantitative estimate of drug-likeness (QED) is 0.773. The van der Waals surface area contributed by atoms with Gasteiger partial charge in [0, 0.05) is 6.04 Å². The summed E-state index contributed by atoms with van der Waals surface area (Å²) in [6, 6.07) is 9.49. The van der Waals surface area contributed by atoms with E-state index in [1.54, 1.807) is 10.9 Å². The third-order valence-electron chi connectivity index (χ3n) is 5.50. The zero-order valence-corrected chi connectivity index (χ0v) is 16.6. The lowest BCUT2D eigenvalue weighted by atomic mass is 9.78. The van der Waals surface area contributed by atoms with Crippen molar-refractivity contribution < 1.29 is 19.1 Å². The number of nitrogens with zero attached hydrogens (tertiary/aromatic N) is 2. The number of carbonyl (C=O) groups excluding carboxylic acids is 2. The van der Waals surface area contributed by atoms with Crippen molar-refractivity contribution in [3.05, 3.63) is 42.2 Å². The Hall–Kier alpha value is -2.83. The van der Waals surface area contributed by atoms with Gasteiger partial charge in [0.1, 0.15) is 0 Å². The fourth-order valence-electron chi connectivity index (χ4n) is 3.60. The first-order valence-corrected chi connectivity index (χ1v) is 9.65. The van der Waals surface area contributed by atoms with E-state index in [2.05, 4.69) is 24.3 Å². The standard InChI is InChI=1S/C21H27N3O4/c1-14-8-7-11-17(15(14)2)22-19(25)13-28-21(26)20-18(27-3)12-24(23-20)16-9-5-4-6-10-16/h4-6,9-10,12,14-15,17H,7-8,11,13H2,1-3H3,(H,22,25)/t14-,15-,17+/m1/s1. The van der Waals surface area contributed by atoms with E-state index in [4.69, 9.17) is 9.47 Å². The number of hydrogen-bond donors (Lipinski definition) is 1. The average molecular weight is 385 g/mol. The molecule has 7 heteroatoms. The van der Waals surface area contributed by atoms with Crippen LogP contribution in [0.4, 0.5) is 0 Å². The summed E-state index contributed by atoms with van der Waals surface area (Å²) in [5.74, 6) is 0.305. The van der Waals surface area contributed by atoms with Crippen molar-refractivity contribution >= 4 is 11.9 Å². The first-order chi connectivity index (χ1) is 13.5. The summed E-state index contributed by atoms with van der Waals surface area (Å²) < 4.78 is 12.0. The Bertz CT molecular complexity index is 818. The first-order valence-electron chi connectivity index (χ1n) is 9.65. The highest BCUT2D eigenvalue weighted by molar-refractivity contribution is 5.92. The number of amides is 1. The van der Waals surface area contributed by atoms with E-state index in [1.807, 2.05) is 30.3 Å². The molecule has 1 N–H and O–H groups in total. The molecule has 1 fully saturated rings. The average Bonchev–Trinajstić information content (AvgIpc) is 3.15. The van der Waals surface area contributed by atoms with Crippen LogP contribution in [0.15, 0.2) is 36.5 Å². The molecule has 3 atom stereocenters. The van der Waals surface area contributed by atoms with Crippen LogP contribution in [0.5, 0.6) is 5.75 Å². The minimum atomic E-state index is -0.688. The molecule has 0 saturated heterocycles. The van der Waals surface area contributed by atoms with Crippen molar-refractivity contribution in [1.29, 1.82) is 0 Å². The molecule has 1 aromatic carbocycles. The second-order valence-electron chi connectivity index (χ2n) is 7.34. The Kier molecular flexibility index (Phi) is 6.34. The number of ether oxygens (including phenoxy) is 2. The fourth-order valence-corrected chi connectivity index (χ4v) is 3.60. The molecule has 0 aliphatic heterocycles. The van der Waals surface area contributed by atoms with Crippen LogP contribution in [0.25, 0.3) is 5.69 Å². The number of para-hydroxylation sites is 1. The molecule has 150 valence electrons. The zero-order valence-electron chi connectivity index (χ0n) is 16.6. The van der Waals surface area contributed by atoms with Gasteiger partial charge in [-0.15, -0.1) is 0 Å². The highest BCUT2D eigenvalue weighted by atomic mass is 16.5. The first kappa shape index (κ1) is 19.9. The summed E-state index contributed by atoms with van der Waals surface area (Å²) >= 11 is 0. The molecule has 1 saturated carbocycles. The third kappa shape index (κ3) is 4.52. The molecule has 1 aliphatic carbocycles. The third-order valence-corrected chi connectivity index (χ3v) is 5.50. The molecule has 1 aromatic heterocycles. The number of hydrogen-bond acceptors (Lipinski definition) is 5. The van der Waals surface area contributed by atoms with Crippen molar-refractivity contribution in [3.8, 4) is 11.4 Å². The van der Waals surface area contributed by atoms with Gasteiger partial charge in [-0.25, -0.2) is 9.48 Å². The van der Waals surface area contributed by atoms with E-state index in [1.165, 1.54) is 13.5 Å². The van der Waals surface area contributed by atoms with E-state index < -0.39 is 5.97 Å². The number of aromatic nitrogens is 2. The van der Waals surface area contributed by atoms with Crippen molar-refractivity contribution in [2.45, 2.75) is 39.2 Å². The van der Waals surface area contributed by atoms with Gasteiger partial charge in [0.05, 0.1) is 19.0 Å². The lowest BCUT2D eigenvalue weighted by molar-refractivity contribution is -0.125. The second kappa shape index (κ2) is 8.91. The lowest BCUT2D eigenvalue weighted by Crippen LogP contribution is -2.45. The van der Waals surface area contributed by atoms with Crippen molar-refractivity contribution in [2.75, 3.05) is 13.7 Å². The summed E-state index contributed by atoms with van der Waals surface area (Å²) in [6.07, 6.45) is 4.86. The summed E-state index contributed by atoms with van der Waals surface area (Å²) in [4.78, 5) is 24.7. The topological polar surface area (TPSA) is 82.5 Å². The summed E-state index contributed by atoms with van der Waals surface area (Å²) in [6.45, 7) is 4.03. The number of benzene rings is 1. The molecule has 28 heavy (non-hydrogen) atoms. The largest absolute Gasteiger partial charge is 0.493 e. The minimum Gasteiger partial charge on any atom is -0.493 e. The minimum absolute atomic E-state index is 0.0406. The van der Waals surface area contributed by atoms with Crippen LogP contribution in [0.2, 0.25) is 0 Å². The molecule has 7 nitrogen and oxygen atoms in total. The molecule has 0 spiro atoms. The van der Waals surface area contributed by atoms with E-state index in [9.17, 15) is 9.59 Å². The molecule has 3 rings (SSSR count). The van der Waals surface area contributed by atoms with E-state index in [0.29, 0.717) is 17.6 Å². The summed E-state index contributed by atoms with van der Waals surface area (Å²) in [5.41, 5.74) is 0.830. The molecular formula is C21H27N3O4. The van der Waals surface area contributed by atoms with E-state index in [0.717, 1.165) is 18.5 Å².